The molecule has 9 heteroatoms. The molecule has 124 valence electrons. The van der Waals surface area contributed by atoms with Gasteiger partial charge in [0.05, 0.1) is 25.7 Å². The Kier molecular flexibility index (Phi) is 5.12. The third kappa shape index (κ3) is 3.95. The van der Waals surface area contributed by atoms with E-state index < -0.39 is 0 Å². The highest BCUT2D eigenvalue weighted by atomic mass is 16.5. The first kappa shape index (κ1) is 16.7. The monoisotopic (exact) mass is 324 g/mol. The fourth-order valence-electron chi connectivity index (χ4n) is 2.02. The topological polar surface area (TPSA) is 120 Å². The van der Waals surface area contributed by atoms with Crippen molar-refractivity contribution >= 4 is 23.0 Å². The molecule has 0 amide bonds. The highest BCUT2D eigenvalue weighted by Crippen LogP contribution is 2.09. The zero-order valence-corrected chi connectivity index (χ0v) is 12.9. The fraction of sp³-hybridized carbons (Fsp3) is 0.429. The van der Waals surface area contributed by atoms with Crippen molar-refractivity contribution in [3.8, 4) is 0 Å². The van der Waals surface area contributed by atoms with Crippen LogP contribution in [0.1, 0.15) is 25.8 Å². The zero-order valence-electron chi connectivity index (χ0n) is 12.9. The van der Waals surface area contributed by atoms with E-state index in [1.54, 1.807) is 19.9 Å². The van der Waals surface area contributed by atoms with Crippen molar-refractivity contribution in [3.05, 3.63) is 23.8 Å². The zero-order chi connectivity index (χ0) is 17.0. The second kappa shape index (κ2) is 7.05. The van der Waals surface area contributed by atoms with E-state index in [0.717, 1.165) is 4.73 Å². The van der Waals surface area contributed by atoms with E-state index in [4.69, 9.17) is 9.84 Å². The van der Waals surface area contributed by atoms with Crippen LogP contribution in [0.25, 0.3) is 11.0 Å². The molecule has 1 heterocycles. The van der Waals surface area contributed by atoms with E-state index in [0.29, 0.717) is 10.4 Å². The normalized spacial score (nSPS) is 11.0. The Hall–Kier alpha value is -2.68. The van der Waals surface area contributed by atoms with Gasteiger partial charge in [-0.05, 0) is 30.2 Å². The number of nitrogens with one attached hydrogen (secondary N) is 1. The number of carbonyl (C=O) groups excluding carboxylic acids is 1. The lowest BCUT2D eigenvalue weighted by atomic mass is 10.2. The molecule has 9 nitrogen and oxygen atoms in total. The van der Waals surface area contributed by atoms with Crippen LogP contribution in [0.2, 0.25) is 0 Å². The van der Waals surface area contributed by atoms with Gasteiger partial charge in [0.25, 0.3) is 5.10 Å². The number of fused-ring (bicyclic) bond motifs is 1. The molecule has 0 spiro atoms. The number of hydrogen-bond acceptors (Lipinski definition) is 7. The van der Waals surface area contributed by atoms with Crippen molar-refractivity contribution in [1.29, 1.82) is 0 Å². The number of nitrogens with zero attached hydrogens (tertiary/aromatic N) is 3. The SMILES string of the molecule is CC(C)OC(=O)CCNc1n[n+](O)c2cc(CO)ccc2[n+]1O. The number of anilines is 1. The lowest BCUT2D eigenvalue weighted by molar-refractivity contribution is -0.950. The Morgan fingerprint density at radius 3 is 2.74 bits per heavy atom. The standard InChI is InChI=1S/C14H19N4O5/c1-9(2)23-13(20)5-6-15-14-16-18(22)12-7-10(8-19)3-4-11(12)17(14)21/h3-4,7,9,19,21H,5-6,8H2,1-2H3,(H,15,16,22)/q+1/p+1. The van der Waals surface area contributed by atoms with E-state index in [1.807, 2.05) is 0 Å². The summed E-state index contributed by atoms with van der Waals surface area (Å²) in [4.78, 5) is 12.0. The Bertz CT molecular complexity index is 720. The summed E-state index contributed by atoms with van der Waals surface area (Å²) in [5.74, 6) is -0.406. The third-order valence-corrected chi connectivity index (χ3v) is 3.04. The Morgan fingerprint density at radius 2 is 2.09 bits per heavy atom. The number of aliphatic hydroxyl groups is 1. The van der Waals surface area contributed by atoms with Crippen LogP contribution in [0.4, 0.5) is 5.95 Å². The molecule has 0 fully saturated rings. The predicted octanol–water partition coefficient (Wildman–Crippen LogP) is -0.470. The number of aromatic nitrogens is 3. The van der Waals surface area contributed by atoms with Crippen molar-refractivity contribution in [2.75, 3.05) is 11.9 Å². The van der Waals surface area contributed by atoms with Gasteiger partial charge in [-0.2, -0.15) is 0 Å². The first-order valence-corrected chi connectivity index (χ1v) is 7.16. The number of hydrogen-bond donors (Lipinski definition) is 4. The molecule has 4 N–H and O–H groups in total. The maximum Gasteiger partial charge on any atom is 0.500 e. The van der Waals surface area contributed by atoms with Crippen LogP contribution in [-0.4, -0.2) is 39.2 Å². The summed E-state index contributed by atoms with van der Waals surface area (Å²) in [6, 6.07) is 4.64. The third-order valence-electron chi connectivity index (χ3n) is 3.04. The largest absolute Gasteiger partial charge is 0.500 e. The van der Waals surface area contributed by atoms with Gasteiger partial charge in [0.15, 0.2) is 0 Å². The summed E-state index contributed by atoms with van der Waals surface area (Å²) in [6.07, 6.45) is -0.100. The first-order valence-electron chi connectivity index (χ1n) is 7.16. The maximum atomic E-state index is 11.4. The van der Waals surface area contributed by atoms with Gasteiger partial charge in [0, 0.05) is 6.07 Å². The highest BCUT2D eigenvalue weighted by molar-refractivity contribution is 5.70. The van der Waals surface area contributed by atoms with Crippen molar-refractivity contribution in [2.45, 2.75) is 33.0 Å². The van der Waals surface area contributed by atoms with Crippen LogP contribution in [-0.2, 0) is 16.1 Å². The molecule has 0 radical (unpaired) electrons. The molecular weight excluding hydrogens is 304 g/mol. The summed E-state index contributed by atoms with van der Waals surface area (Å²) in [6.45, 7) is 3.50. The van der Waals surface area contributed by atoms with Gasteiger partial charge in [0.1, 0.15) is 0 Å². The molecule has 0 bridgehead atoms. The van der Waals surface area contributed by atoms with Gasteiger partial charge in [-0.15, -0.1) is 0 Å². The second-order valence-electron chi connectivity index (χ2n) is 5.22. The first-order chi connectivity index (χ1) is 10.9. The molecule has 0 aliphatic carbocycles. The molecule has 0 aliphatic heterocycles. The fourth-order valence-corrected chi connectivity index (χ4v) is 2.02. The molecule has 2 aromatic rings. The van der Waals surface area contributed by atoms with Crippen LogP contribution >= 0.6 is 0 Å². The van der Waals surface area contributed by atoms with Crippen LogP contribution in [0.5, 0.6) is 0 Å². The molecule has 0 unspecified atom stereocenters. The van der Waals surface area contributed by atoms with Crippen LogP contribution < -0.4 is 14.9 Å². The molecule has 0 saturated heterocycles. The van der Waals surface area contributed by atoms with E-state index in [2.05, 4.69) is 10.4 Å². The minimum atomic E-state index is -0.373. The lowest BCUT2D eigenvalue weighted by Crippen LogP contribution is -2.47. The molecule has 1 aromatic carbocycles. The van der Waals surface area contributed by atoms with E-state index in [-0.39, 0.29) is 48.6 Å². The van der Waals surface area contributed by atoms with Crippen LogP contribution in [0.15, 0.2) is 18.2 Å². The molecule has 0 aliphatic rings. The van der Waals surface area contributed by atoms with Crippen molar-refractivity contribution < 1.29 is 34.6 Å². The van der Waals surface area contributed by atoms with E-state index >= 15 is 0 Å². The predicted molar refractivity (Wildman–Crippen MR) is 76.8 cm³/mol. The Balaban J connectivity index is 2.16. The molecular formula is C14H20N4O5+2. The number of ether oxygens (including phenoxy) is 1. The highest BCUT2D eigenvalue weighted by Gasteiger charge is 2.27. The minimum absolute atomic E-state index is 0.0332. The average molecular weight is 324 g/mol. The van der Waals surface area contributed by atoms with Gasteiger partial charge >= 0.3 is 17.4 Å². The number of carbonyl (C=O) groups is 1. The van der Waals surface area contributed by atoms with Crippen molar-refractivity contribution in [1.82, 2.24) is 5.10 Å². The van der Waals surface area contributed by atoms with E-state index in [1.165, 1.54) is 12.1 Å². The van der Waals surface area contributed by atoms with Gasteiger partial charge in [0.2, 0.25) is 10.4 Å². The minimum Gasteiger partial charge on any atom is -0.463 e. The Labute approximate surface area is 132 Å². The average Bonchev–Trinajstić information content (AvgIpc) is 2.50. The summed E-state index contributed by atoms with van der Waals surface area (Å²) < 4.78 is 5.75. The number of aliphatic hydroxyl groups excluding tert-OH is 1. The van der Waals surface area contributed by atoms with Gasteiger partial charge in [-0.25, -0.2) is 5.21 Å². The maximum absolute atomic E-state index is 11.4. The smallest absolute Gasteiger partial charge is 0.463 e. The van der Waals surface area contributed by atoms with Crippen LogP contribution in [0.3, 0.4) is 0 Å². The van der Waals surface area contributed by atoms with Gasteiger partial charge < -0.3 is 15.1 Å². The van der Waals surface area contributed by atoms with E-state index in [9.17, 15) is 15.2 Å². The van der Waals surface area contributed by atoms with Crippen molar-refractivity contribution in [2.24, 2.45) is 0 Å². The molecule has 0 atom stereocenters. The number of benzene rings is 1. The summed E-state index contributed by atoms with van der Waals surface area (Å²) >= 11 is 0. The summed E-state index contributed by atoms with van der Waals surface area (Å²) in [5, 5.41) is 35.7. The summed E-state index contributed by atoms with van der Waals surface area (Å²) in [5.41, 5.74) is 1.08. The number of rotatable bonds is 6. The van der Waals surface area contributed by atoms with Gasteiger partial charge in [-0.3, -0.25) is 10.1 Å². The lowest BCUT2D eigenvalue weighted by Gasteiger charge is -2.06. The molecule has 0 saturated carbocycles. The van der Waals surface area contributed by atoms with Crippen molar-refractivity contribution in [3.63, 3.8) is 0 Å². The Morgan fingerprint density at radius 1 is 1.35 bits per heavy atom. The molecule has 1 aromatic heterocycles. The van der Waals surface area contributed by atoms with Crippen LogP contribution in [0, 0.1) is 0 Å². The molecule has 2 rings (SSSR count). The molecule has 23 heavy (non-hydrogen) atoms. The summed E-state index contributed by atoms with van der Waals surface area (Å²) in [7, 11) is 0. The number of esters is 1. The second-order valence-corrected chi connectivity index (χ2v) is 5.22. The van der Waals surface area contributed by atoms with Gasteiger partial charge in [-0.1, -0.05) is 6.07 Å². The quantitative estimate of drug-likeness (QED) is 0.322.